The number of carbonyl (C=O) groups excluding carboxylic acids is 1. The molecule has 0 bridgehead atoms. The largest absolute Gasteiger partial charge is 0.493 e. The van der Waals surface area contributed by atoms with E-state index in [0.29, 0.717) is 23.1 Å². The predicted molar refractivity (Wildman–Crippen MR) is 115 cm³/mol. The summed E-state index contributed by atoms with van der Waals surface area (Å²) in [5.41, 5.74) is 1.44. The summed E-state index contributed by atoms with van der Waals surface area (Å²) in [6, 6.07) is 13.4. The quantitative estimate of drug-likeness (QED) is 0.570. The van der Waals surface area contributed by atoms with E-state index >= 15 is 0 Å². The fourth-order valence-electron chi connectivity index (χ4n) is 3.40. The Labute approximate surface area is 178 Å². The second-order valence-corrected chi connectivity index (χ2v) is 8.53. The molecule has 1 aliphatic rings. The summed E-state index contributed by atoms with van der Waals surface area (Å²) in [6.07, 6.45) is 4.08. The monoisotopic (exact) mass is 428 g/mol. The smallest absolute Gasteiger partial charge is 0.236 e. The summed E-state index contributed by atoms with van der Waals surface area (Å²) in [6.45, 7) is 0. The third kappa shape index (κ3) is 3.95. The maximum Gasteiger partial charge on any atom is 0.236 e. The molecule has 5 nitrogen and oxygen atoms in total. The van der Waals surface area contributed by atoms with Crippen molar-refractivity contribution in [2.24, 2.45) is 0 Å². The van der Waals surface area contributed by atoms with Gasteiger partial charge < -0.3 is 14.8 Å². The molecule has 29 heavy (non-hydrogen) atoms. The molecule has 1 N–H and O–H groups in total. The first-order valence-corrected chi connectivity index (χ1v) is 10.5. The van der Waals surface area contributed by atoms with Crippen LogP contribution in [0.4, 0.5) is 5.13 Å². The highest BCUT2D eigenvalue weighted by molar-refractivity contribution is 7.15. The second-order valence-electron chi connectivity index (χ2n) is 7.01. The molecular formula is C22H21ClN2O3S. The number of ether oxygens (including phenoxy) is 2. The minimum atomic E-state index is -0.534. The van der Waals surface area contributed by atoms with Crippen molar-refractivity contribution in [1.29, 1.82) is 0 Å². The summed E-state index contributed by atoms with van der Waals surface area (Å²) in [5.74, 6) is 1.24. The first-order valence-electron chi connectivity index (χ1n) is 9.28. The first-order chi connectivity index (χ1) is 14.1. The molecule has 1 aromatic heterocycles. The van der Waals surface area contributed by atoms with Crippen LogP contribution in [0, 0.1) is 0 Å². The highest BCUT2D eigenvalue weighted by atomic mass is 35.5. The van der Waals surface area contributed by atoms with Crippen LogP contribution in [0.5, 0.6) is 11.5 Å². The lowest BCUT2D eigenvalue weighted by molar-refractivity contribution is -0.118. The number of anilines is 1. The van der Waals surface area contributed by atoms with Gasteiger partial charge in [-0.05, 0) is 42.2 Å². The number of amides is 1. The Morgan fingerprint density at radius 2 is 1.93 bits per heavy atom. The SMILES string of the molecule is COc1ccc(C2(C(=O)Nc3ncc(Cc4ccccc4Cl)s3)CC2)cc1OC. The molecule has 1 heterocycles. The average molecular weight is 429 g/mol. The van der Waals surface area contributed by atoms with Gasteiger partial charge in [0.2, 0.25) is 5.91 Å². The van der Waals surface area contributed by atoms with Gasteiger partial charge in [0.1, 0.15) is 0 Å². The van der Waals surface area contributed by atoms with E-state index < -0.39 is 5.41 Å². The van der Waals surface area contributed by atoms with Crippen LogP contribution in [0.1, 0.15) is 28.8 Å². The molecule has 4 rings (SSSR count). The van der Waals surface area contributed by atoms with Crippen molar-refractivity contribution < 1.29 is 14.3 Å². The Bertz CT molecular complexity index is 1050. The Hall–Kier alpha value is -2.57. The Morgan fingerprint density at radius 1 is 1.17 bits per heavy atom. The van der Waals surface area contributed by atoms with E-state index in [4.69, 9.17) is 21.1 Å². The Kier molecular flexibility index (Phi) is 5.48. The molecule has 0 saturated heterocycles. The zero-order valence-corrected chi connectivity index (χ0v) is 17.8. The highest BCUT2D eigenvalue weighted by Gasteiger charge is 2.51. The van der Waals surface area contributed by atoms with E-state index in [1.165, 1.54) is 11.3 Å². The summed E-state index contributed by atoms with van der Waals surface area (Å²) in [4.78, 5) is 18.5. The molecule has 0 radical (unpaired) electrons. The topological polar surface area (TPSA) is 60.5 Å². The molecule has 1 amide bonds. The number of hydrogen-bond acceptors (Lipinski definition) is 5. The molecule has 150 valence electrons. The van der Waals surface area contributed by atoms with Crippen molar-refractivity contribution >= 4 is 34.0 Å². The number of thiazole rings is 1. The Balaban J connectivity index is 1.48. The molecule has 7 heteroatoms. The zero-order chi connectivity index (χ0) is 20.4. The molecule has 3 aromatic rings. The third-order valence-electron chi connectivity index (χ3n) is 5.22. The lowest BCUT2D eigenvalue weighted by Gasteiger charge is -2.17. The number of methoxy groups -OCH3 is 2. The van der Waals surface area contributed by atoms with E-state index in [1.807, 2.05) is 42.5 Å². The van der Waals surface area contributed by atoms with Crippen LogP contribution in [-0.4, -0.2) is 25.1 Å². The standard InChI is InChI=1S/C22H21ClN2O3S/c1-27-18-8-7-15(12-19(18)28-2)22(9-10-22)20(26)25-21-24-13-16(29-21)11-14-5-3-4-6-17(14)23/h3-8,12-13H,9-11H2,1-2H3,(H,24,25,26). The van der Waals surface area contributed by atoms with Crippen molar-refractivity contribution in [1.82, 2.24) is 4.98 Å². The van der Waals surface area contributed by atoms with Crippen molar-refractivity contribution in [2.45, 2.75) is 24.7 Å². The molecule has 0 atom stereocenters. The molecule has 1 fully saturated rings. The van der Waals surface area contributed by atoms with Crippen LogP contribution >= 0.6 is 22.9 Å². The maximum absolute atomic E-state index is 13.0. The summed E-state index contributed by atoms with van der Waals surface area (Å²) >= 11 is 7.71. The molecular weight excluding hydrogens is 408 g/mol. The van der Waals surface area contributed by atoms with Gasteiger partial charge in [-0.3, -0.25) is 4.79 Å². The fraction of sp³-hybridized carbons (Fsp3) is 0.273. The van der Waals surface area contributed by atoms with Gasteiger partial charge in [0.05, 0.1) is 19.6 Å². The van der Waals surface area contributed by atoms with Crippen molar-refractivity contribution in [2.75, 3.05) is 19.5 Å². The number of halogens is 1. The van der Waals surface area contributed by atoms with Gasteiger partial charge in [-0.2, -0.15) is 0 Å². The molecule has 0 aliphatic heterocycles. The van der Waals surface area contributed by atoms with Crippen LogP contribution < -0.4 is 14.8 Å². The number of aromatic nitrogens is 1. The van der Waals surface area contributed by atoms with Crippen molar-refractivity contribution in [3.05, 3.63) is 69.7 Å². The van der Waals surface area contributed by atoms with Gasteiger partial charge >= 0.3 is 0 Å². The lowest BCUT2D eigenvalue weighted by Crippen LogP contribution is -2.27. The second kappa shape index (κ2) is 8.05. The number of rotatable bonds is 7. The Morgan fingerprint density at radius 3 is 2.62 bits per heavy atom. The molecule has 2 aromatic carbocycles. The minimum Gasteiger partial charge on any atom is -0.493 e. The third-order valence-corrected chi connectivity index (χ3v) is 6.50. The molecule has 0 unspecified atom stereocenters. The number of carbonyl (C=O) groups is 1. The number of benzene rings is 2. The zero-order valence-electron chi connectivity index (χ0n) is 16.2. The maximum atomic E-state index is 13.0. The van der Waals surface area contributed by atoms with Crippen LogP contribution in [-0.2, 0) is 16.6 Å². The van der Waals surface area contributed by atoms with Crippen molar-refractivity contribution in [3.63, 3.8) is 0 Å². The normalized spacial score (nSPS) is 14.3. The van der Waals surface area contributed by atoms with E-state index in [-0.39, 0.29) is 5.91 Å². The summed E-state index contributed by atoms with van der Waals surface area (Å²) in [7, 11) is 3.19. The van der Waals surface area contributed by atoms with Crippen LogP contribution in [0.15, 0.2) is 48.7 Å². The summed E-state index contributed by atoms with van der Waals surface area (Å²) < 4.78 is 10.7. The first kappa shape index (κ1) is 19.7. The van der Waals surface area contributed by atoms with Crippen LogP contribution in [0.3, 0.4) is 0 Å². The number of nitrogens with zero attached hydrogens (tertiary/aromatic N) is 1. The van der Waals surface area contributed by atoms with Gasteiger partial charge in [0.25, 0.3) is 0 Å². The minimum absolute atomic E-state index is 0.0386. The molecule has 1 saturated carbocycles. The van der Waals surface area contributed by atoms with E-state index in [9.17, 15) is 4.79 Å². The van der Waals surface area contributed by atoms with Crippen LogP contribution in [0.25, 0.3) is 0 Å². The van der Waals surface area contributed by atoms with Crippen molar-refractivity contribution in [3.8, 4) is 11.5 Å². The fourth-order valence-corrected chi connectivity index (χ4v) is 4.43. The molecule has 1 aliphatic carbocycles. The van der Waals surface area contributed by atoms with Gasteiger partial charge in [-0.15, -0.1) is 11.3 Å². The predicted octanol–water partition coefficient (Wildman–Crippen LogP) is 5.07. The number of nitrogens with one attached hydrogen (secondary N) is 1. The van der Waals surface area contributed by atoms with E-state index in [0.717, 1.165) is 33.9 Å². The van der Waals surface area contributed by atoms with E-state index in [2.05, 4.69) is 10.3 Å². The highest BCUT2D eigenvalue weighted by Crippen LogP contribution is 2.50. The van der Waals surface area contributed by atoms with Gasteiger partial charge in [0, 0.05) is 22.5 Å². The lowest BCUT2D eigenvalue weighted by atomic mass is 9.94. The molecule has 0 spiro atoms. The van der Waals surface area contributed by atoms with Gasteiger partial charge in [-0.1, -0.05) is 35.9 Å². The number of hydrogen-bond donors (Lipinski definition) is 1. The van der Waals surface area contributed by atoms with Crippen LogP contribution in [0.2, 0.25) is 5.02 Å². The summed E-state index contributed by atoms with van der Waals surface area (Å²) in [5, 5.41) is 4.33. The van der Waals surface area contributed by atoms with Gasteiger partial charge in [-0.25, -0.2) is 4.98 Å². The average Bonchev–Trinajstić information content (AvgIpc) is 3.44. The van der Waals surface area contributed by atoms with E-state index in [1.54, 1.807) is 20.4 Å². The van der Waals surface area contributed by atoms with Gasteiger partial charge in [0.15, 0.2) is 16.6 Å².